The molecule has 0 spiro atoms. The Bertz CT molecular complexity index is 2310. The van der Waals surface area contributed by atoms with Gasteiger partial charge in [0.15, 0.2) is 0 Å². The fourth-order valence-corrected chi connectivity index (χ4v) is 8.33. The van der Waals surface area contributed by atoms with E-state index in [-0.39, 0.29) is 54.5 Å². The van der Waals surface area contributed by atoms with Gasteiger partial charge in [-0.25, -0.2) is 0 Å². The maximum Gasteiger partial charge on any atom is 0.243 e. The van der Waals surface area contributed by atoms with E-state index in [1.807, 2.05) is 113 Å². The summed E-state index contributed by atoms with van der Waals surface area (Å²) in [7, 11) is 0. The number of carbonyl (C=O) groups is 4. The fraction of sp³-hybridized carbons (Fsp3) is 0.451. The van der Waals surface area contributed by atoms with Crippen LogP contribution in [0.3, 0.4) is 0 Å². The van der Waals surface area contributed by atoms with Crippen molar-refractivity contribution in [1.82, 2.24) is 21.3 Å². The fourth-order valence-electron chi connectivity index (χ4n) is 8.33. The summed E-state index contributed by atoms with van der Waals surface area (Å²) < 4.78 is 34.5. The van der Waals surface area contributed by atoms with Crippen molar-refractivity contribution < 1.29 is 52.7 Å². The number of epoxide rings is 2. The highest BCUT2D eigenvalue weighted by atomic mass is 16.6. The number of hydrogen-bond acceptors (Lipinski definition) is 11. The Morgan fingerprint density at radius 1 is 0.515 bits per heavy atom. The molecule has 350 valence electrons. The smallest absolute Gasteiger partial charge is 0.243 e. The lowest BCUT2D eigenvalue weighted by molar-refractivity contribution is -0.136. The zero-order chi connectivity index (χ0) is 46.4. The van der Waals surface area contributed by atoms with Gasteiger partial charge in [-0.3, -0.25) is 19.2 Å². The van der Waals surface area contributed by atoms with Gasteiger partial charge in [-0.1, -0.05) is 48.5 Å². The Labute approximate surface area is 385 Å². The predicted octanol–water partition coefficient (Wildman–Crippen LogP) is 3.93. The molecule has 5 N–H and O–H groups in total. The second-order valence-electron chi connectivity index (χ2n) is 19.0. The van der Waals surface area contributed by atoms with Crippen LogP contribution in [0.15, 0.2) is 97.1 Å². The van der Waals surface area contributed by atoms with Crippen LogP contribution in [0.25, 0.3) is 0 Å². The average Bonchev–Trinajstić information content (AvgIpc) is 4.23. The molecular formula is C51H60N4O11. The molecule has 4 fully saturated rings. The quantitative estimate of drug-likeness (QED) is 0.0717. The molecule has 4 amide bonds. The highest BCUT2D eigenvalue weighted by Gasteiger charge is 2.36. The first-order chi connectivity index (χ1) is 31.6. The van der Waals surface area contributed by atoms with Crippen LogP contribution in [-0.4, -0.2) is 109 Å². The van der Waals surface area contributed by atoms with Crippen LogP contribution in [0.2, 0.25) is 0 Å². The number of aliphatic hydroxyl groups excluding tert-OH is 1. The number of ether oxygens (including phenoxy) is 6. The van der Waals surface area contributed by atoms with Gasteiger partial charge in [-0.2, -0.15) is 0 Å². The van der Waals surface area contributed by atoms with E-state index in [1.165, 1.54) is 0 Å². The van der Waals surface area contributed by atoms with Gasteiger partial charge >= 0.3 is 0 Å². The van der Waals surface area contributed by atoms with E-state index in [2.05, 4.69) is 21.3 Å². The van der Waals surface area contributed by atoms with Gasteiger partial charge in [-0.15, -0.1) is 0 Å². The third kappa shape index (κ3) is 13.5. The summed E-state index contributed by atoms with van der Waals surface area (Å²) in [6.07, 6.45) is 2.04. The Balaban J connectivity index is 0.725. The van der Waals surface area contributed by atoms with Crippen molar-refractivity contribution >= 4 is 23.6 Å². The summed E-state index contributed by atoms with van der Waals surface area (Å²) in [6.45, 7) is 9.88. The molecule has 4 aromatic carbocycles. The van der Waals surface area contributed by atoms with E-state index in [0.717, 1.165) is 53.4 Å². The zero-order valence-electron chi connectivity index (χ0n) is 37.9. The first-order valence-corrected chi connectivity index (χ1v) is 22.7. The van der Waals surface area contributed by atoms with Crippen LogP contribution in [0.1, 0.15) is 62.8 Å². The molecule has 15 nitrogen and oxygen atoms in total. The molecule has 0 saturated carbocycles. The summed E-state index contributed by atoms with van der Waals surface area (Å²) in [6, 6.07) is 26.9. The lowest BCUT2D eigenvalue weighted by atomic mass is 9.98. The predicted molar refractivity (Wildman–Crippen MR) is 243 cm³/mol. The minimum absolute atomic E-state index is 0.0327. The van der Waals surface area contributed by atoms with Crippen LogP contribution in [0.4, 0.5) is 0 Å². The molecule has 7 atom stereocenters. The number of piperazine rings is 2. The average molecular weight is 905 g/mol. The topological polar surface area (TPSA) is 199 Å². The summed E-state index contributed by atoms with van der Waals surface area (Å²) in [4.78, 5) is 52.1. The highest BCUT2D eigenvalue weighted by molar-refractivity contribution is 5.98. The van der Waals surface area contributed by atoms with E-state index in [0.29, 0.717) is 43.8 Å². The minimum atomic E-state index is -0.836. The van der Waals surface area contributed by atoms with Gasteiger partial charge < -0.3 is 54.8 Å². The molecule has 8 rings (SSSR count). The Kier molecular flexibility index (Phi) is 14.2. The molecule has 0 radical (unpaired) electrons. The molecule has 4 aliphatic rings. The summed E-state index contributed by atoms with van der Waals surface area (Å²) >= 11 is 0. The summed E-state index contributed by atoms with van der Waals surface area (Å²) in [5, 5.41) is 22.4. The Morgan fingerprint density at radius 3 is 1.21 bits per heavy atom. The van der Waals surface area contributed by atoms with Crippen molar-refractivity contribution in [2.24, 2.45) is 0 Å². The lowest BCUT2D eigenvalue weighted by Crippen LogP contribution is -2.62. The lowest BCUT2D eigenvalue weighted by Gasteiger charge is -2.30. The third-order valence-electron chi connectivity index (χ3n) is 11.9. The van der Waals surface area contributed by atoms with Gasteiger partial charge in [0, 0.05) is 38.5 Å². The van der Waals surface area contributed by atoms with Crippen molar-refractivity contribution in [3.05, 3.63) is 119 Å². The zero-order valence-corrected chi connectivity index (χ0v) is 37.9. The van der Waals surface area contributed by atoms with Crippen molar-refractivity contribution in [2.45, 2.75) is 120 Å². The van der Waals surface area contributed by atoms with E-state index in [9.17, 15) is 24.3 Å². The number of rotatable bonds is 22. The van der Waals surface area contributed by atoms with Crippen LogP contribution >= 0.6 is 0 Å². The number of amides is 4. The Morgan fingerprint density at radius 2 is 0.848 bits per heavy atom. The van der Waals surface area contributed by atoms with Crippen LogP contribution in [-0.2, 0) is 54.3 Å². The molecule has 15 heteroatoms. The normalized spacial score (nSPS) is 23.1. The standard InChI is InChI=1S/C51H60N4O11/c1-50(2,65-38-17-9-33(10-18-38)23-44-48(59)53-43(47(58)54-44)22-32-7-15-37(16-8-32)62-29-41-30-64-41)25-35(56)27-61-36-13-5-31(6-14-36)21-42-46(57)55-45(49(60)52-42)24-34-11-19-39(20-12-34)66-51(3,4)26-40-28-63-40/h5-20,35,40-45,56H,21-30H2,1-4H3,(H,52,60)(H,53,59)(H,54,58)(H,55,57). The molecule has 0 aromatic heterocycles. The second-order valence-corrected chi connectivity index (χ2v) is 19.0. The van der Waals surface area contributed by atoms with Crippen molar-refractivity contribution in [3.8, 4) is 23.0 Å². The summed E-state index contributed by atoms with van der Waals surface area (Å²) in [5.41, 5.74) is 2.41. The number of nitrogens with one attached hydrogen (secondary N) is 4. The third-order valence-corrected chi connectivity index (χ3v) is 11.9. The molecule has 4 aromatic rings. The van der Waals surface area contributed by atoms with Gasteiger partial charge in [0.05, 0.1) is 25.4 Å². The van der Waals surface area contributed by atoms with Crippen LogP contribution < -0.4 is 40.2 Å². The van der Waals surface area contributed by atoms with Gasteiger partial charge in [0.2, 0.25) is 23.6 Å². The second kappa shape index (κ2) is 20.1. The van der Waals surface area contributed by atoms with Crippen LogP contribution in [0, 0.1) is 0 Å². The number of carbonyl (C=O) groups excluding carboxylic acids is 4. The van der Waals surface area contributed by atoms with Gasteiger partial charge in [0.25, 0.3) is 0 Å². The molecular weight excluding hydrogens is 845 g/mol. The van der Waals surface area contributed by atoms with Crippen molar-refractivity contribution in [3.63, 3.8) is 0 Å². The number of benzene rings is 4. The summed E-state index contributed by atoms with van der Waals surface area (Å²) in [5.74, 6) is 1.66. The molecule has 4 aliphatic heterocycles. The van der Waals surface area contributed by atoms with Crippen LogP contribution in [0.5, 0.6) is 23.0 Å². The monoisotopic (exact) mass is 904 g/mol. The Hall–Kier alpha value is -6.16. The highest BCUT2D eigenvalue weighted by Crippen LogP contribution is 2.29. The van der Waals surface area contributed by atoms with Crippen molar-refractivity contribution in [2.75, 3.05) is 26.4 Å². The van der Waals surface area contributed by atoms with E-state index in [4.69, 9.17) is 28.4 Å². The van der Waals surface area contributed by atoms with E-state index < -0.39 is 35.9 Å². The maximum absolute atomic E-state index is 13.1. The van der Waals surface area contributed by atoms with E-state index >= 15 is 0 Å². The number of aliphatic hydroxyl groups is 1. The van der Waals surface area contributed by atoms with Crippen molar-refractivity contribution in [1.29, 1.82) is 0 Å². The molecule has 0 aliphatic carbocycles. The van der Waals surface area contributed by atoms with Gasteiger partial charge in [-0.05, 0) is 98.5 Å². The van der Waals surface area contributed by atoms with E-state index in [1.54, 1.807) is 12.1 Å². The largest absolute Gasteiger partial charge is 0.491 e. The molecule has 66 heavy (non-hydrogen) atoms. The SMILES string of the molecule is CC(C)(CC(O)COc1ccc(CC2NC(=O)C(Cc3ccc(OC(C)(C)CC4CO4)cc3)NC2=O)cc1)Oc1ccc(CC2NC(=O)C(Cc3ccc(OCC4CO4)cc3)NC2=O)cc1. The minimum Gasteiger partial charge on any atom is -0.491 e. The molecule has 4 heterocycles. The van der Waals surface area contributed by atoms with Gasteiger partial charge in [0.1, 0.15) is 77.7 Å². The first-order valence-electron chi connectivity index (χ1n) is 22.7. The first kappa shape index (κ1) is 46.4. The molecule has 0 bridgehead atoms. The molecule has 4 saturated heterocycles. The number of hydrogen-bond donors (Lipinski definition) is 5. The maximum atomic E-state index is 13.1. The molecule has 7 unspecified atom stereocenters.